The third kappa shape index (κ3) is 4.14. The van der Waals surface area contributed by atoms with Gasteiger partial charge in [0.15, 0.2) is 17.2 Å². The van der Waals surface area contributed by atoms with E-state index in [2.05, 4.69) is 6.58 Å². The molecule has 0 saturated carbocycles. The topological polar surface area (TPSA) is 43.8 Å². The molecule has 6 heteroatoms. The highest BCUT2D eigenvalue weighted by atomic mass is 19.2. The first-order chi connectivity index (χ1) is 10.9. The van der Waals surface area contributed by atoms with Crippen LogP contribution in [-0.4, -0.2) is 53.1 Å². The lowest BCUT2D eigenvalue weighted by molar-refractivity contribution is -0.159. The van der Waals surface area contributed by atoms with Gasteiger partial charge in [0.25, 0.3) is 5.91 Å². The van der Waals surface area contributed by atoms with Crippen LogP contribution in [0, 0.1) is 11.6 Å². The number of aliphatic hydroxyl groups is 1. The maximum atomic E-state index is 13.3. The fourth-order valence-corrected chi connectivity index (χ4v) is 2.95. The largest absolute Gasteiger partial charge is 0.379 e. The summed E-state index contributed by atoms with van der Waals surface area (Å²) in [6.07, 6.45) is 2.76. The number of rotatable bonds is 6. The van der Waals surface area contributed by atoms with Crippen molar-refractivity contribution >= 4 is 5.91 Å². The zero-order valence-electron chi connectivity index (χ0n) is 13.3. The van der Waals surface area contributed by atoms with Crippen molar-refractivity contribution in [1.82, 2.24) is 9.80 Å². The van der Waals surface area contributed by atoms with Gasteiger partial charge in [-0.25, -0.2) is 8.78 Å². The van der Waals surface area contributed by atoms with Crippen molar-refractivity contribution < 1.29 is 18.7 Å². The quantitative estimate of drug-likeness (QED) is 0.813. The van der Waals surface area contributed by atoms with Crippen molar-refractivity contribution in [3.63, 3.8) is 0 Å². The molecular weight excluding hydrogens is 302 g/mol. The first kappa shape index (κ1) is 17.6. The Morgan fingerprint density at radius 3 is 2.83 bits per heavy atom. The number of likely N-dealkylation sites (tertiary alicyclic amines) is 1. The van der Waals surface area contributed by atoms with Crippen LogP contribution in [0.5, 0.6) is 0 Å². The first-order valence-corrected chi connectivity index (χ1v) is 7.61. The second-order valence-electron chi connectivity index (χ2n) is 6.10. The van der Waals surface area contributed by atoms with E-state index in [-0.39, 0.29) is 19.0 Å². The third-order valence-corrected chi connectivity index (χ3v) is 4.03. The molecule has 1 N–H and O–H groups in total. The van der Waals surface area contributed by atoms with Crippen LogP contribution in [0.25, 0.3) is 0 Å². The summed E-state index contributed by atoms with van der Waals surface area (Å²) in [5.74, 6) is -2.22. The molecule has 1 aromatic carbocycles. The molecule has 23 heavy (non-hydrogen) atoms. The highest BCUT2D eigenvalue weighted by Gasteiger charge is 2.42. The lowest BCUT2D eigenvalue weighted by Gasteiger charge is -2.40. The van der Waals surface area contributed by atoms with Gasteiger partial charge in [0.05, 0.1) is 0 Å². The lowest BCUT2D eigenvalue weighted by atomic mass is 9.91. The molecule has 1 aliphatic rings. The fraction of sp³-hybridized carbons (Fsp3) is 0.471. The van der Waals surface area contributed by atoms with Gasteiger partial charge in [-0.1, -0.05) is 12.1 Å². The number of carbonyl (C=O) groups excluding carboxylic acids is 1. The smallest absolute Gasteiger partial charge is 0.256 e. The Bertz CT molecular complexity index is 594. The van der Waals surface area contributed by atoms with Crippen LogP contribution in [0.4, 0.5) is 8.78 Å². The molecule has 1 aliphatic heterocycles. The maximum absolute atomic E-state index is 13.3. The fourth-order valence-electron chi connectivity index (χ4n) is 2.95. The third-order valence-electron chi connectivity index (χ3n) is 4.03. The van der Waals surface area contributed by atoms with Crippen molar-refractivity contribution in [3.8, 4) is 0 Å². The van der Waals surface area contributed by atoms with Gasteiger partial charge in [-0.05, 0) is 37.6 Å². The van der Waals surface area contributed by atoms with Gasteiger partial charge in [-0.3, -0.25) is 9.69 Å². The molecule has 1 saturated heterocycles. The molecule has 0 aromatic heterocycles. The molecule has 2 rings (SSSR count). The van der Waals surface area contributed by atoms with Gasteiger partial charge in [-0.15, -0.1) is 6.58 Å². The Balaban J connectivity index is 2.09. The Morgan fingerprint density at radius 2 is 2.17 bits per heavy atom. The van der Waals surface area contributed by atoms with E-state index < -0.39 is 17.2 Å². The van der Waals surface area contributed by atoms with Gasteiger partial charge in [0.1, 0.15) is 0 Å². The zero-order chi connectivity index (χ0) is 17.0. The minimum Gasteiger partial charge on any atom is -0.379 e. The second kappa shape index (κ2) is 7.19. The molecule has 126 valence electrons. The monoisotopic (exact) mass is 324 g/mol. The summed E-state index contributed by atoms with van der Waals surface area (Å²) in [5, 5.41) is 10.7. The van der Waals surface area contributed by atoms with Crippen molar-refractivity contribution in [3.05, 3.63) is 48.1 Å². The van der Waals surface area contributed by atoms with E-state index in [1.807, 2.05) is 4.90 Å². The van der Waals surface area contributed by atoms with Crippen LogP contribution in [0.15, 0.2) is 30.9 Å². The molecule has 0 bridgehead atoms. The molecule has 0 unspecified atom stereocenters. The van der Waals surface area contributed by atoms with Gasteiger partial charge in [-0.2, -0.15) is 0 Å². The van der Waals surface area contributed by atoms with E-state index in [9.17, 15) is 18.7 Å². The van der Waals surface area contributed by atoms with E-state index in [4.69, 9.17) is 0 Å². The summed E-state index contributed by atoms with van der Waals surface area (Å²) >= 11 is 0. The van der Waals surface area contributed by atoms with Gasteiger partial charge in [0.2, 0.25) is 0 Å². The minimum absolute atomic E-state index is 0.156. The van der Waals surface area contributed by atoms with E-state index in [1.54, 1.807) is 13.1 Å². The number of amides is 1. The molecule has 1 heterocycles. The lowest BCUT2D eigenvalue weighted by Crippen LogP contribution is -2.57. The van der Waals surface area contributed by atoms with Gasteiger partial charge in [0, 0.05) is 26.2 Å². The Labute approximate surface area is 135 Å². The van der Waals surface area contributed by atoms with Crippen molar-refractivity contribution in [2.24, 2.45) is 0 Å². The average Bonchev–Trinajstić information content (AvgIpc) is 2.48. The average molecular weight is 324 g/mol. The van der Waals surface area contributed by atoms with Crippen molar-refractivity contribution in [1.29, 1.82) is 0 Å². The van der Waals surface area contributed by atoms with Crippen LogP contribution < -0.4 is 0 Å². The van der Waals surface area contributed by atoms with E-state index >= 15 is 0 Å². The summed E-state index contributed by atoms with van der Waals surface area (Å²) in [7, 11) is 1.81. The van der Waals surface area contributed by atoms with Crippen LogP contribution >= 0.6 is 0 Å². The zero-order valence-corrected chi connectivity index (χ0v) is 13.3. The highest BCUT2D eigenvalue weighted by Crippen LogP contribution is 2.25. The number of piperidine rings is 1. The number of nitrogens with zero attached hydrogens (tertiary/aromatic N) is 2. The maximum Gasteiger partial charge on any atom is 0.256 e. The summed E-state index contributed by atoms with van der Waals surface area (Å²) in [6.45, 7) is 5.07. The Morgan fingerprint density at radius 1 is 1.43 bits per heavy atom. The van der Waals surface area contributed by atoms with Crippen LogP contribution in [0.1, 0.15) is 18.4 Å². The molecule has 1 fully saturated rings. The van der Waals surface area contributed by atoms with Crippen molar-refractivity contribution in [2.45, 2.75) is 25.0 Å². The van der Waals surface area contributed by atoms with E-state index in [1.165, 1.54) is 11.0 Å². The Hall–Kier alpha value is -1.79. The van der Waals surface area contributed by atoms with Gasteiger partial charge < -0.3 is 10.0 Å². The number of halogens is 2. The van der Waals surface area contributed by atoms with E-state index in [0.29, 0.717) is 31.5 Å². The van der Waals surface area contributed by atoms with Gasteiger partial charge >= 0.3 is 0 Å². The summed E-state index contributed by atoms with van der Waals surface area (Å²) in [4.78, 5) is 15.9. The SMILES string of the molecule is C=CCN(C)C[C@]1(O)CCCN(Cc2ccc(F)c(F)c2)C1=O. The van der Waals surface area contributed by atoms with Crippen LogP contribution in [0.3, 0.4) is 0 Å². The first-order valence-electron chi connectivity index (χ1n) is 7.61. The Kier molecular flexibility index (Phi) is 5.49. The molecule has 1 atom stereocenters. The van der Waals surface area contributed by atoms with Crippen LogP contribution in [-0.2, 0) is 11.3 Å². The number of likely N-dealkylation sites (N-methyl/N-ethyl adjacent to an activating group) is 1. The highest BCUT2D eigenvalue weighted by molar-refractivity contribution is 5.86. The minimum atomic E-state index is -1.45. The molecule has 0 aliphatic carbocycles. The van der Waals surface area contributed by atoms with Crippen molar-refractivity contribution in [2.75, 3.05) is 26.7 Å². The molecule has 0 spiro atoms. The molecular formula is C17H22F2N2O2. The number of hydrogen-bond acceptors (Lipinski definition) is 3. The predicted octanol–water partition coefficient (Wildman–Crippen LogP) is 1.94. The van der Waals surface area contributed by atoms with Crippen LogP contribution in [0.2, 0.25) is 0 Å². The number of carbonyl (C=O) groups is 1. The molecule has 0 radical (unpaired) electrons. The normalized spacial score (nSPS) is 21.8. The summed E-state index contributed by atoms with van der Waals surface area (Å²) < 4.78 is 26.3. The molecule has 4 nitrogen and oxygen atoms in total. The second-order valence-corrected chi connectivity index (χ2v) is 6.10. The summed E-state index contributed by atoms with van der Waals surface area (Å²) in [6, 6.07) is 3.58. The molecule has 1 amide bonds. The number of hydrogen-bond donors (Lipinski definition) is 1. The van der Waals surface area contributed by atoms with E-state index in [0.717, 1.165) is 12.1 Å². The summed E-state index contributed by atoms with van der Waals surface area (Å²) in [5.41, 5.74) is -0.949. The standard InChI is InChI=1S/C17H22F2N2O2/c1-3-8-20(2)12-17(23)7-4-9-21(16(17)22)11-13-5-6-14(18)15(19)10-13/h3,5-6,10,23H,1,4,7-9,11-12H2,2H3/t17-/m1/s1. The molecule has 1 aromatic rings. The predicted molar refractivity (Wildman–Crippen MR) is 83.7 cm³/mol. The number of benzene rings is 1.